The molecule has 1 aromatic heterocycles. The molecule has 1 aliphatic rings. The number of hydrogen-bond donors (Lipinski definition) is 0. The number of aromatic nitrogens is 2. The molecule has 1 fully saturated rings. The van der Waals surface area contributed by atoms with E-state index in [1.165, 1.54) is 0 Å². The molecule has 2 heterocycles. The highest BCUT2D eigenvalue weighted by atomic mass is 16.5. The maximum Gasteiger partial charge on any atom is 0.260 e. The maximum atomic E-state index is 12.6. The molecule has 0 bridgehead atoms. The van der Waals surface area contributed by atoms with Crippen LogP contribution in [0.5, 0.6) is 11.5 Å². The smallest absolute Gasteiger partial charge is 0.260 e. The van der Waals surface area contributed by atoms with Crippen molar-refractivity contribution >= 4 is 11.7 Å². The lowest BCUT2D eigenvalue weighted by molar-refractivity contribution is -0.133. The molecule has 160 valence electrons. The minimum absolute atomic E-state index is 0.00430. The Balaban J connectivity index is 1.29. The summed E-state index contributed by atoms with van der Waals surface area (Å²) < 4.78 is 11.3. The number of nitrogens with zero attached hydrogens (tertiary/aromatic N) is 4. The number of piperazine rings is 1. The zero-order valence-electron chi connectivity index (χ0n) is 17.6. The van der Waals surface area contributed by atoms with Gasteiger partial charge in [0.25, 0.3) is 5.91 Å². The zero-order chi connectivity index (χ0) is 21.5. The van der Waals surface area contributed by atoms with E-state index in [1.54, 1.807) is 0 Å². The molecule has 1 amide bonds. The fourth-order valence-electron chi connectivity index (χ4n) is 3.52. The summed E-state index contributed by atoms with van der Waals surface area (Å²) in [5, 5.41) is 8.75. The van der Waals surface area contributed by atoms with Gasteiger partial charge in [0.2, 0.25) is 0 Å². The second kappa shape index (κ2) is 9.93. The van der Waals surface area contributed by atoms with Crippen molar-refractivity contribution < 1.29 is 14.3 Å². The molecule has 0 radical (unpaired) electrons. The normalized spacial score (nSPS) is 13.7. The lowest BCUT2D eigenvalue weighted by Gasteiger charge is -2.35. The molecule has 7 nitrogen and oxygen atoms in total. The van der Waals surface area contributed by atoms with Crippen LogP contribution in [0.15, 0.2) is 66.7 Å². The van der Waals surface area contributed by atoms with E-state index >= 15 is 0 Å². The van der Waals surface area contributed by atoms with Gasteiger partial charge in [-0.2, -0.15) is 0 Å². The standard InChI is InChI=1S/C24H26N4O3/c1-2-30-21-10-6-7-11-22(21)31-18-24(29)28-16-14-27(15-17-28)23-13-12-20(25-26-23)19-8-4-3-5-9-19/h3-13H,2,14-18H2,1H3. The van der Waals surface area contributed by atoms with Crippen LogP contribution in [0.2, 0.25) is 0 Å². The second-order valence-electron chi connectivity index (χ2n) is 7.18. The Morgan fingerprint density at radius 1 is 0.839 bits per heavy atom. The summed E-state index contributed by atoms with van der Waals surface area (Å²) in [6.07, 6.45) is 0. The number of carbonyl (C=O) groups is 1. The number of amides is 1. The van der Waals surface area contributed by atoms with Crippen molar-refractivity contribution in [3.63, 3.8) is 0 Å². The SMILES string of the molecule is CCOc1ccccc1OCC(=O)N1CCN(c2ccc(-c3ccccc3)nn2)CC1. The van der Waals surface area contributed by atoms with Crippen LogP contribution in [0.25, 0.3) is 11.3 Å². The number of para-hydroxylation sites is 2. The van der Waals surface area contributed by atoms with Crippen molar-refractivity contribution in [1.82, 2.24) is 15.1 Å². The molecule has 0 unspecified atom stereocenters. The molecule has 0 atom stereocenters. The van der Waals surface area contributed by atoms with E-state index in [2.05, 4.69) is 15.1 Å². The first-order chi connectivity index (χ1) is 15.2. The van der Waals surface area contributed by atoms with Gasteiger partial charge in [-0.25, -0.2) is 0 Å². The summed E-state index contributed by atoms with van der Waals surface area (Å²) in [6, 6.07) is 21.4. The number of anilines is 1. The van der Waals surface area contributed by atoms with Crippen LogP contribution in [-0.2, 0) is 4.79 Å². The third kappa shape index (κ3) is 5.12. The minimum atomic E-state index is -0.0311. The van der Waals surface area contributed by atoms with Crippen molar-refractivity contribution in [1.29, 1.82) is 0 Å². The molecular formula is C24H26N4O3. The van der Waals surface area contributed by atoms with Gasteiger partial charge in [-0.1, -0.05) is 42.5 Å². The summed E-state index contributed by atoms with van der Waals surface area (Å²) >= 11 is 0. The van der Waals surface area contributed by atoms with E-state index in [4.69, 9.17) is 9.47 Å². The van der Waals surface area contributed by atoms with Gasteiger partial charge in [-0.05, 0) is 31.2 Å². The molecule has 31 heavy (non-hydrogen) atoms. The molecule has 2 aromatic carbocycles. The van der Waals surface area contributed by atoms with E-state index in [0.29, 0.717) is 44.3 Å². The average Bonchev–Trinajstić information content (AvgIpc) is 2.84. The first-order valence-corrected chi connectivity index (χ1v) is 10.5. The molecule has 0 aliphatic carbocycles. The van der Waals surface area contributed by atoms with Gasteiger partial charge in [0, 0.05) is 31.7 Å². The van der Waals surface area contributed by atoms with Gasteiger partial charge in [-0.3, -0.25) is 4.79 Å². The Morgan fingerprint density at radius 3 is 2.16 bits per heavy atom. The van der Waals surface area contributed by atoms with E-state index in [1.807, 2.05) is 78.6 Å². The van der Waals surface area contributed by atoms with Crippen molar-refractivity contribution in [2.45, 2.75) is 6.92 Å². The third-order valence-electron chi connectivity index (χ3n) is 5.18. The average molecular weight is 418 g/mol. The van der Waals surface area contributed by atoms with Crippen molar-refractivity contribution in [2.75, 3.05) is 44.3 Å². The largest absolute Gasteiger partial charge is 0.490 e. The first-order valence-electron chi connectivity index (χ1n) is 10.5. The van der Waals surface area contributed by atoms with Gasteiger partial charge < -0.3 is 19.3 Å². The number of carbonyl (C=O) groups excluding carboxylic acids is 1. The maximum absolute atomic E-state index is 12.6. The Kier molecular flexibility index (Phi) is 6.62. The number of rotatable bonds is 7. The van der Waals surface area contributed by atoms with Crippen LogP contribution in [0, 0.1) is 0 Å². The van der Waals surface area contributed by atoms with Gasteiger partial charge in [0.05, 0.1) is 12.3 Å². The van der Waals surface area contributed by atoms with E-state index < -0.39 is 0 Å². The summed E-state index contributed by atoms with van der Waals surface area (Å²) in [6.45, 7) is 5.12. The van der Waals surface area contributed by atoms with E-state index in [9.17, 15) is 4.79 Å². The van der Waals surface area contributed by atoms with E-state index in [0.717, 1.165) is 17.1 Å². The fraction of sp³-hybridized carbons (Fsp3) is 0.292. The van der Waals surface area contributed by atoms with Gasteiger partial charge in [0.15, 0.2) is 23.9 Å². The van der Waals surface area contributed by atoms with Crippen LogP contribution >= 0.6 is 0 Å². The van der Waals surface area contributed by atoms with E-state index in [-0.39, 0.29) is 12.5 Å². The molecular weight excluding hydrogens is 392 g/mol. The van der Waals surface area contributed by atoms with Crippen LogP contribution in [0.3, 0.4) is 0 Å². The third-order valence-corrected chi connectivity index (χ3v) is 5.18. The molecule has 1 saturated heterocycles. The molecule has 7 heteroatoms. The highest BCUT2D eigenvalue weighted by Gasteiger charge is 2.22. The zero-order valence-corrected chi connectivity index (χ0v) is 17.6. The Morgan fingerprint density at radius 2 is 1.52 bits per heavy atom. The van der Waals surface area contributed by atoms with Crippen molar-refractivity contribution in [3.8, 4) is 22.8 Å². The lowest BCUT2D eigenvalue weighted by Crippen LogP contribution is -2.50. The van der Waals surface area contributed by atoms with Crippen molar-refractivity contribution in [3.05, 3.63) is 66.7 Å². The Labute approximate surface area is 182 Å². The summed E-state index contributed by atoms with van der Waals surface area (Å²) in [5.74, 6) is 2.04. The fourth-order valence-corrected chi connectivity index (χ4v) is 3.52. The van der Waals surface area contributed by atoms with Gasteiger partial charge >= 0.3 is 0 Å². The van der Waals surface area contributed by atoms with Crippen LogP contribution in [0.4, 0.5) is 5.82 Å². The molecule has 0 saturated carbocycles. The molecule has 4 rings (SSSR count). The minimum Gasteiger partial charge on any atom is -0.490 e. The second-order valence-corrected chi connectivity index (χ2v) is 7.18. The Bertz CT molecular complexity index is 987. The highest BCUT2D eigenvalue weighted by molar-refractivity contribution is 5.78. The summed E-state index contributed by atoms with van der Waals surface area (Å²) in [4.78, 5) is 16.6. The molecule has 1 aliphatic heterocycles. The monoisotopic (exact) mass is 418 g/mol. The number of ether oxygens (including phenoxy) is 2. The quantitative estimate of drug-likeness (QED) is 0.587. The lowest BCUT2D eigenvalue weighted by atomic mass is 10.1. The van der Waals surface area contributed by atoms with Crippen LogP contribution in [-0.4, -0.2) is 60.4 Å². The van der Waals surface area contributed by atoms with Crippen LogP contribution < -0.4 is 14.4 Å². The predicted octanol–water partition coefficient (Wildman–Crippen LogP) is 3.27. The topological polar surface area (TPSA) is 67.8 Å². The summed E-state index contributed by atoms with van der Waals surface area (Å²) in [7, 11) is 0. The van der Waals surface area contributed by atoms with Gasteiger partial charge in [-0.15, -0.1) is 10.2 Å². The van der Waals surface area contributed by atoms with Crippen molar-refractivity contribution in [2.24, 2.45) is 0 Å². The molecule has 3 aromatic rings. The highest BCUT2D eigenvalue weighted by Crippen LogP contribution is 2.26. The molecule has 0 spiro atoms. The molecule has 0 N–H and O–H groups in total. The van der Waals surface area contributed by atoms with Gasteiger partial charge in [0.1, 0.15) is 0 Å². The predicted molar refractivity (Wildman–Crippen MR) is 119 cm³/mol. The number of benzene rings is 2. The van der Waals surface area contributed by atoms with Crippen LogP contribution in [0.1, 0.15) is 6.92 Å². The number of hydrogen-bond acceptors (Lipinski definition) is 6. The Hall–Kier alpha value is -3.61. The first kappa shape index (κ1) is 20.7. The summed E-state index contributed by atoms with van der Waals surface area (Å²) in [5.41, 5.74) is 1.89.